The summed E-state index contributed by atoms with van der Waals surface area (Å²) < 4.78 is 2.26. The largest absolute Gasteiger partial charge is 0.275 e. The van der Waals surface area contributed by atoms with Crippen molar-refractivity contribution < 1.29 is 0 Å². The summed E-state index contributed by atoms with van der Waals surface area (Å²) in [6.45, 7) is 0. The molecule has 1 aliphatic heterocycles. The normalized spacial score (nSPS) is 12.9. The van der Waals surface area contributed by atoms with E-state index in [0.717, 1.165) is 8.95 Å². The molecule has 0 radical (unpaired) electrons. The molecule has 0 unspecified atom stereocenters. The van der Waals surface area contributed by atoms with Gasteiger partial charge < -0.3 is 0 Å². The number of rotatable bonds is 1. The van der Waals surface area contributed by atoms with E-state index >= 15 is 0 Å². The number of fused-ring (bicyclic) bond motifs is 2. The fourth-order valence-corrected chi connectivity index (χ4v) is 4.15. The summed E-state index contributed by atoms with van der Waals surface area (Å²) in [5.74, 6) is 0.390. The van der Waals surface area contributed by atoms with Crippen molar-refractivity contribution >= 4 is 72.5 Å². The first-order valence-corrected chi connectivity index (χ1v) is 8.86. The van der Waals surface area contributed by atoms with Crippen LogP contribution in [0.25, 0.3) is 12.2 Å². The molecule has 0 aromatic heterocycles. The van der Waals surface area contributed by atoms with E-state index in [1.807, 2.05) is 11.6 Å². The third-order valence-corrected chi connectivity index (χ3v) is 5.31. The molecule has 0 amide bonds. The molecule has 0 nitrogen and oxygen atoms in total. The van der Waals surface area contributed by atoms with Crippen molar-refractivity contribution in [1.82, 2.24) is 0 Å². The second-order valence-electron chi connectivity index (χ2n) is 4.50. The predicted molar refractivity (Wildman–Crippen MR) is 95.7 cm³/mol. The first-order chi connectivity index (χ1) is 9.19. The van der Waals surface area contributed by atoms with E-state index in [1.165, 1.54) is 22.1 Å². The van der Waals surface area contributed by atoms with E-state index in [0.29, 0.717) is 5.99 Å². The van der Waals surface area contributed by atoms with Crippen LogP contribution in [0, 0.1) is 0 Å². The minimum Gasteiger partial charge on any atom is -0.200 e. The van der Waals surface area contributed by atoms with Gasteiger partial charge in [-0.3, -0.25) is 0 Å². The molecule has 3 rings (SSSR count). The Hall–Kier alpha value is -0.445. The Kier molecular flexibility index (Phi) is 3.92. The number of hydrogen-bond acceptors (Lipinski definition) is 1. The van der Waals surface area contributed by atoms with E-state index in [9.17, 15) is 0 Å². The van der Waals surface area contributed by atoms with Gasteiger partial charge in [0.1, 0.15) is 0 Å². The lowest BCUT2D eigenvalue weighted by molar-refractivity contribution is 1.66. The summed E-state index contributed by atoms with van der Waals surface area (Å²) in [7, 11) is 0. The van der Waals surface area contributed by atoms with Gasteiger partial charge in [-0.05, 0) is 41.6 Å². The van der Waals surface area contributed by atoms with Crippen LogP contribution in [0.1, 0.15) is 11.1 Å². The smallest absolute Gasteiger partial charge is 0.200 e. The Morgan fingerprint density at radius 1 is 0.842 bits per heavy atom. The van der Waals surface area contributed by atoms with Crippen molar-refractivity contribution in [3.05, 3.63) is 56.5 Å². The summed E-state index contributed by atoms with van der Waals surface area (Å²) in [6.07, 6.45) is 6.59. The number of benzene rings is 2. The van der Waals surface area contributed by atoms with Crippen LogP contribution >= 0.6 is 43.5 Å². The van der Waals surface area contributed by atoms with Gasteiger partial charge in [-0.25, -0.2) is 11.6 Å². The molecule has 0 saturated heterocycles. The van der Waals surface area contributed by atoms with Gasteiger partial charge >= 0.3 is 0 Å². The Balaban J connectivity index is 2.24. The van der Waals surface area contributed by atoms with E-state index in [2.05, 4.69) is 86.7 Å². The van der Waals surface area contributed by atoms with Crippen LogP contribution in [0.15, 0.2) is 45.3 Å². The Morgan fingerprint density at radius 2 is 1.32 bits per heavy atom. The van der Waals surface area contributed by atoms with Crippen LogP contribution in [0.2, 0.25) is 0 Å². The molecule has 2 aromatic rings. The zero-order valence-corrected chi connectivity index (χ0v) is 14.3. The van der Waals surface area contributed by atoms with E-state index in [4.69, 9.17) is 0 Å². The molecule has 0 spiro atoms. The lowest BCUT2D eigenvalue weighted by Crippen LogP contribution is -2.41. The fourth-order valence-electron chi connectivity index (χ4n) is 2.46. The SMILES string of the molecule is CSB1c2ccc(Br)cc2C=Cc2cc(Br)ccc21. The predicted octanol–water partition coefficient (Wildman–Crippen LogP) is 4.16. The van der Waals surface area contributed by atoms with E-state index in [-0.39, 0.29) is 0 Å². The fraction of sp³-hybridized carbons (Fsp3) is 0.0667. The average molecular weight is 394 g/mol. The van der Waals surface area contributed by atoms with Crippen LogP contribution < -0.4 is 10.9 Å². The van der Waals surface area contributed by atoms with Crippen molar-refractivity contribution in [1.29, 1.82) is 0 Å². The Bertz CT molecular complexity index is 612. The average Bonchev–Trinajstić information content (AvgIpc) is 2.54. The standard InChI is InChI=1S/C15H11BBr2S/c1-19-16-14-6-4-12(17)8-10(14)2-3-11-9-13(18)5-7-15(11)16/h2-9H,1H3. The third kappa shape index (κ3) is 2.58. The molecule has 1 heterocycles. The quantitative estimate of drug-likeness (QED) is 0.655. The van der Waals surface area contributed by atoms with Crippen molar-refractivity contribution in [2.75, 3.05) is 6.26 Å². The third-order valence-electron chi connectivity index (χ3n) is 3.34. The van der Waals surface area contributed by atoms with Gasteiger partial charge in [0, 0.05) is 8.95 Å². The maximum Gasteiger partial charge on any atom is 0.275 e. The lowest BCUT2D eigenvalue weighted by Gasteiger charge is -2.15. The molecular formula is C15H11BBr2S. The molecule has 1 aliphatic rings. The second-order valence-corrected chi connectivity index (χ2v) is 7.27. The van der Waals surface area contributed by atoms with Crippen molar-refractivity contribution in [3.63, 3.8) is 0 Å². The topological polar surface area (TPSA) is 0 Å². The van der Waals surface area contributed by atoms with E-state index in [1.54, 1.807) is 0 Å². The van der Waals surface area contributed by atoms with Crippen LogP contribution in [0.3, 0.4) is 0 Å². The highest BCUT2D eigenvalue weighted by Crippen LogP contribution is 2.21. The first-order valence-electron chi connectivity index (χ1n) is 5.99. The summed E-state index contributed by atoms with van der Waals surface area (Å²) in [5.41, 5.74) is 5.35. The van der Waals surface area contributed by atoms with Gasteiger partial charge in [0.25, 0.3) is 5.99 Å². The maximum atomic E-state index is 3.56. The van der Waals surface area contributed by atoms with Crippen LogP contribution in [-0.4, -0.2) is 12.2 Å². The summed E-state index contributed by atoms with van der Waals surface area (Å²) in [5, 5.41) is 0. The highest BCUT2D eigenvalue weighted by Gasteiger charge is 2.24. The maximum absolute atomic E-state index is 3.56. The molecular weight excluding hydrogens is 383 g/mol. The molecule has 2 aromatic carbocycles. The molecule has 0 fully saturated rings. The van der Waals surface area contributed by atoms with Gasteiger partial charge in [-0.2, -0.15) is 0 Å². The first kappa shape index (κ1) is 13.5. The van der Waals surface area contributed by atoms with Gasteiger partial charge in [0.2, 0.25) is 0 Å². The molecule has 19 heavy (non-hydrogen) atoms. The molecule has 4 heteroatoms. The zero-order chi connectivity index (χ0) is 13.4. The minimum atomic E-state index is 0.390. The van der Waals surface area contributed by atoms with Crippen molar-refractivity contribution in [3.8, 4) is 0 Å². The number of halogens is 2. The monoisotopic (exact) mass is 392 g/mol. The molecule has 0 aliphatic carbocycles. The van der Waals surface area contributed by atoms with Crippen molar-refractivity contribution in [2.45, 2.75) is 0 Å². The van der Waals surface area contributed by atoms with E-state index < -0.39 is 0 Å². The Morgan fingerprint density at radius 3 is 1.74 bits per heavy atom. The summed E-state index contributed by atoms with van der Waals surface area (Å²) in [4.78, 5) is 0. The van der Waals surface area contributed by atoms with Crippen LogP contribution in [0.5, 0.6) is 0 Å². The number of hydrogen-bond donors (Lipinski definition) is 0. The summed E-state index contributed by atoms with van der Waals surface area (Å²) >= 11 is 9.00. The van der Waals surface area contributed by atoms with Gasteiger partial charge in [0.05, 0.1) is 0 Å². The van der Waals surface area contributed by atoms with Gasteiger partial charge in [0.15, 0.2) is 0 Å². The summed E-state index contributed by atoms with van der Waals surface area (Å²) in [6, 6.07) is 13.1. The van der Waals surface area contributed by atoms with Gasteiger partial charge in [-0.1, -0.05) is 67.1 Å². The minimum absolute atomic E-state index is 0.390. The van der Waals surface area contributed by atoms with Gasteiger partial charge in [-0.15, -0.1) is 0 Å². The molecule has 0 saturated carbocycles. The molecule has 94 valence electrons. The Labute approximate surface area is 134 Å². The second kappa shape index (κ2) is 5.51. The molecule has 0 bridgehead atoms. The highest BCUT2D eigenvalue weighted by molar-refractivity contribution is 9.10. The zero-order valence-electron chi connectivity index (χ0n) is 10.4. The highest BCUT2D eigenvalue weighted by atomic mass is 79.9. The molecule has 0 atom stereocenters. The van der Waals surface area contributed by atoms with Crippen LogP contribution in [0.4, 0.5) is 0 Å². The molecule has 0 N–H and O–H groups in total. The van der Waals surface area contributed by atoms with Crippen LogP contribution in [-0.2, 0) is 0 Å². The van der Waals surface area contributed by atoms with Crippen molar-refractivity contribution in [2.24, 2.45) is 0 Å². The lowest BCUT2D eigenvalue weighted by atomic mass is 9.60.